The van der Waals surface area contributed by atoms with E-state index in [4.69, 9.17) is 5.26 Å². The van der Waals surface area contributed by atoms with Crippen LogP contribution in [0.25, 0.3) is 0 Å². The van der Waals surface area contributed by atoms with Gasteiger partial charge in [0.05, 0.1) is 19.6 Å². The molecule has 1 heterocycles. The van der Waals surface area contributed by atoms with Crippen molar-refractivity contribution in [3.05, 3.63) is 0 Å². The lowest BCUT2D eigenvalue weighted by Crippen LogP contribution is -2.56. The summed E-state index contributed by atoms with van der Waals surface area (Å²) in [5, 5.41) is 13.4. The molecule has 1 aliphatic rings. The molecule has 1 saturated heterocycles. The highest BCUT2D eigenvalue weighted by Crippen LogP contribution is 2.13. The second kappa shape index (κ2) is 3.42. The molecule has 0 aromatic carbocycles. The van der Waals surface area contributed by atoms with Gasteiger partial charge < -0.3 is 0 Å². The number of hydrogen-bond acceptors (Lipinski definition) is 1. The van der Waals surface area contributed by atoms with Crippen molar-refractivity contribution in [2.45, 2.75) is 19.9 Å². The Morgan fingerprint density at radius 3 is 2.75 bits per heavy atom. The van der Waals surface area contributed by atoms with Gasteiger partial charge in [-0.3, -0.25) is 0 Å². The van der Waals surface area contributed by atoms with Crippen LogP contribution in [-0.4, -0.2) is 37.2 Å². The van der Waals surface area contributed by atoms with Gasteiger partial charge in [0.2, 0.25) is 0 Å². The molecule has 0 aromatic rings. The van der Waals surface area contributed by atoms with Crippen molar-refractivity contribution in [3.8, 4) is 6.19 Å². The Morgan fingerprint density at radius 2 is 2.25 bits per heavy atom. The molecule has 0 N–H and O–H groups in total. The van der Waals surface area contributed by atoms with Crippen molar-refractivity contribution in [3.63, 3.8) is 0 Å². The Balaban J connectivity index is 2.58. The monoisotopic (exact) mass is 167 g/mol. The zero-order chi connectivity index (χ0) is 9.19. The SMILES string of the molecule is CC(C)C1C[N+](C)(C#N)CC[N]1. The summed E-state index contributed by atoms with van der Waals surface area (Å²) in [5.74, 6) is 0.566. The van der Waals surface area contributed by atoms with Crippen LogP contribution in [0.2, 0.25) is 0 Å². The van der Waals surface area contributed by atoms with Crippen molar-refractivity contribution in [2.75, 3.05) is 26.7 Å². The smallest absolute Gasteiger partial charge is 0.226 e. The fraction of sp³-hybridized carbons (Fsp3) is 0.889. The number of nitriles is 1. The number of likely N-dealkylation sites (N-methyl/N-ethyl adjacent to an activating group) is 1. The summed E-state index contributed by atoms with van der Waals surface area (Å²) < 4.78 is 0.520. The summed E-state index contributed by atoms with van der Waals surface area (Å²) in [6.45, 7) is 6.93. The van der Waals surface area contributed by atoms with Crippen LogP contribution >= 0.6 is 0 Å². The highest BCUT2D eigenvalue weighted by Gasteiger charge is 2.33. The molecule has 2 atom stereocenters. The second-order valence-electron chi connectivity index (χ2n) is 4.12. The Labute approximate surface area is 74.6 Å². The van der Waals surface area contributed by atoms with Gasteiger partial charge in [0.1, 0.15) is 13.1 Å². The molecule has 12 heavy (non-hydrogen) atoms. The first-order valence-corrected chi connectivity index (χ1v) is 4.50. The molecule has 1 radical (unpaired) electrons. The number of hydrogen-bond donors (Lipinski definition) is 0. The van der Waals surface area contributed by atoms with Gasteiger partial charge in [-0.25, -0.2) is 9.80 Å². The van der Waals surface area contributed by atoms with E-state index in [-0.39, 0.29) is 0 Å². The molecule has 0 aliphatic carbocycles. The second-order valence-corrected chi connectivity index (χ2v) is 4.12. The highest BCUT2D eigenvalue weighted by atomic mass is 15.4. The molecule has 0 spiro atoms. The molecular formula is C9H17N3+. The van der Waals surface area contributed by atoms with Gasteiger partial charge in [0.15, 0.2) is 0 Å². The molecule has 3 heteroatoms. The van der Waals surface area contributed by atoms with Crippen LogP contribution in [0.5, 0.6) is 0 Å². The summed E-state index contributed by atoms with van der Waals surface area (Å²) >= 11 is 0. The van der Waals surface area contributed by atoms with E-state index in [9.17, 15) is 0 Å². The van der Waals surface area contributed by atoms with Gasteiger partial charge in [-0.2, -0.15) is 0 Å². The average Bonchev–Trinajstić information content (AvgIpc) is 2.05. The van der Waals surface area contributed by atoms with E-state index < -0.39 is 0 Å². The molecular weight excluding hydrogens is 150 g/mol. The zero-order valence-corrected chi connectivity index (χ0v) is 8.12. The van der Waals surface area contributed by atoms with E-state index in [1.165, 1.54) is 0 Å². The standard InChI is InChI=1S/C9H17N3/c1-8(2)9-6-12(3,7-10)5-4-11-9/h8-9H,4-6H2,1-3H3/q+1. The van der Waals surface area contributed by atoms with Crippen LogP contribution in [-0.2, 0) is 0 Å². The molecule has 0 bridgehead atoms. The Bertz CT molecular complexity index is 194. The Morgan fingerprint density at radius 1 is 1.58 bits per heavy atom. The summed E-state index contributed by atoms with van der Waals surface area (Å²) in [6.07, 6.45) is 2.34. The third-order valence-corrected chi connectivity index (χ3v) is 2.56. The minimum Gasteiger partial charge on any atom is -0.226 e. The number of quaternary nitrogens is 1. The summed E-state index contributed by atoms with van der Waals surface area (Å²) in [4.78, 5) is 0. The predicted molar refractivity (Wildman–Crippen MR) is 47.2 cm³/mol. The van der Waals surface area contributed by atoms with Crippen molar-refractivity contribution in [1.82, 2.24) is 5.32 Å². The molecule has 1 fully saturated rings. The minimum absolute atomic E-state index is 0.378. The number of nitrogens with zero attached hydrogens (tertiary/aromatic N) is 3. The van der Waals surface area contributed by atoms with Crippen LogP contribution in [0.3, 0.4) is 0 Å². The molecule has 2 unspecified atom stereocenters. The maximum absolute atomic E-state index is 8.93. The average molecular weight is 167 g/mol. The van der Waals surface area contributed by atoms with Crippen LogP contribution in [0.4, 0.5) is 0 Å². The largest absolute Gasteiger partial charge is 0.308 e. The first-order chi connectivity index (χ1) is 5.57. The highest BCUT2D eigenvalue weighted by molar-refractivity contribution is 4.76. The van der Waals surface area contributed by atoms with Crippen LogP contribution < -0.4 is 5.32 Å². The van der Waals surface area contributed by atoms with Gasteiger partial charge in [-0.05, 0) is 5.92 Å². The van der Waals surface area contributed by atoms with Crippen molar-refractivity contribution >= 4 is 0 Å². The van der Waals surface area contributed by atoms with Crippen LogP contribution in [0.1, 0.15) is 13.8 Å². The van der Waals surface area contributed by atoms with Crippen molar-refractivity contribution < 1.29 is 4.48 Å². The number of piperazine rings is 1. The maximum atomic E-state index is 8.93. The molecule has 0 saturated carbocycles. The van der Waals surface area contributed by atoms with E-state index in [1.807, 2.05) is 7.05 Å². The first-order valence-electron chi connectivity index (χ1n) is 4.50. The van der Waals surface area contributed by atoms with Gasteiger partial charge in [0.25, 0.3) is 0 Å². The maximum Gasteiger partial charge on any atom is 0.308 e. The van der Waals surface area contributed by atoms with Gasteiger partial charge in [-0.1, -0.05) is 13.8 Å². The van der Waals surface area contributed by atoms with Gasteiger partial charge >= 0.3 is 6.19 Å². The summed E-state index contributed by atoms with van der Waals surface area (Å²) in [7, 11) is 1.99. The lowest BCUT2D eigenvalue weighted by molar-refractivity contribution is -0.851. The molecule has 67 valence electrons. The van der Waals surface area contributed by atoms with Crippen molar-refractivity contribution in [2.24, 2.45) is 5.92 Å². The van der Waals surface area contributed by atoms with E-state index >= 15 is 0 Å². The molecule has 1 rings (SSSR count). The third-order valence-electron chi connectivity index (χ3n) is 2.56. The normalized spacial score (nSPS) is 36.4. The van der Waals surface area contributed by atoms with Crippen molar-refractivity contribution in [1.29, 1.82) is 5.26 Å². The lowest BCUT2D eigenvalue weighted by atomic mass is 10.0. The van der Waals surface area contributed by atoms with E-state index in [1.54, 1.807) is 0 Å². The topological polar surface area (TPSA) is 37.9 Å². The Kier molecular flexibility index (Phi) is 2.71. The fourth-order valence-corrected chi connectivity index (χ4v) is 1.52. The van der Waals surface area contributed by atoms with E-state index in [0.29, 0.717) is 16.4 Å². The summed E-state index contributed by atoms with van der Waals surface area (Å²) in [6, 6.07) is 0.378. The molecule has 1 aliphatic heterocycles. The van der Waals surface area contributed by atoms with Gasteiger partial charge in [0, 0.05) is 0 Å². The molecule has 3 nitrogen and oxygen atoms in total. The quantitative estimate of drug-likeness (QED) is 0.415. The zero-order valence-electron chi connectivity index (χ0n) is 8.12. The van der Waals surface area contributed by atoms with E-state index in [0.717, 1.165) is 19.6 Å². The minimum atomic E-state index is 0.378. The summed E-state index contributed by atoms with van der Waals surface area (Å²) in [5.41, 5.74) is 0. The fourth-order valence-electron chi connectivity index (χ4n) is 1.52. The lowest BCUT2D eigenvalue weighted by Gasteiger charge is -2.35. The van der Waals surface area contributed by atoms with Crippen LogP contribution in [0.15, 0.2) is 0 Å². The van der Waals surface area contributed by atoms with Crippen LogP contribution in [0, 0.1) is 17.4 Å². The van der Waals surface area contributed by atoms with E-state index in [2.05, 4.69) is 25.4 Å². The third kappa shape index (κ3) is 1.96. The Hall–Kier alpha value is -0.590. The van der Waals surface area contributed by atoms with Gasteiger partial charge in [-0.15, -0.1) is 5.26 Å². The molecule has 0 amide bonds. The molecule has 0 aromatic heterocycles. The predicted octanol–water partition coefficient (Wildman–Crippen LogP) is 0.557. The number of rotatable bonds is 1. The first kappa shape index (κ1) is 9.50.